The number of rotatable bonds is 6. The minimum atomic E-state index is 0.0867. The maximum absolute atomic E-state index is 9.47. The van der Waals surface area contributed by atoms with Gasteiger partial charge in [-0.3, -0.25) is 4.90 Å². The molecule has 0 aliphatic heterocycles. The summed E-state index contributed by atoms with van der Waals surface area (Å²) in [5, 5.41) is 18.9. The van der Waals surface area contributed by atoms with Gasteiger partial charge in [0.05, 0.1) is 12.7 Å². The Morgan fingerprint density at radius 2 is 1.67 bits per heavy atom. The first-order chi connectivity index (χ1) is 8.40. The van der Waals surface area contributed by atoms with Crippen LogP contribution in [0.25, 0.3) is 0 Å². The minimum absolute atomic E-state index is 0.0867. The Morgan fingerprint density at radius 1 is 1.11 bits per heavy atom. The quantitative estimate of drug-likeness (QED) is 0.818. The van der Waals surface area contributed by atoms with E-state index in [4.69, 9.17) is 4.74 Å². The summed E-state index contributed by atoms with van der Waals surface area (Å²) >= 11 is 0. The third kappa shape index (κ3) is 4.55. The maximum Gasteiger partial charge on any atom is 0.119 e. The van der Waals surface area contributed by atoms with Gasteiger partial charge in [0, 0.05) is 18.7 Å². The lowest BCUT2D eigenvalue weighted by Crippen LogP contribution is -2.27. The van der Waals surface area contributed by atoms with Gasteiger partial charge in [0.1, 0.15) is 11.5 Å². The molecule has 2 N–H and O–H groups in total. The van der Waals surface area contributed by atoms with E-state index in [2.05, 4.69) is 4.90 Å². The van der Waals surface area contributed by atoms with Gasteiger partial charge in [0.15, 0.2) is 0 Å². The zero-order valence-electron chi connectivity index (χ0n) is 11.6. The molecule has 1 aromatic carbocycles. The van der Waals surface area contributed by atoms with E-state index < -0.39 is 0 Å². The Labute approximate surface area is 109 Å². The molecule has 4 heteroatoms. The van der Waals surface area contributed by atoms with Crippen molar-refractivity contribution in [3.63, 3.8) is 0 Å². The number of ether oxygens (including phenoxy) is 1. The third-order valence-corrected chi connectivity index (χ3v) is 2.96. The van der Waals surface area contributed by atoms with E-state index in [9.17, 15) is 10.2 Å². The summed E-state index contributed by atoms with van der Waals surface area (Å²) < 4.78 is 5.51. The van der Waals surface area contributed by atoms with Crippen LogP contribution in [0.15, 0.2) is 18.2 Å². The molecule has 1 unspecified atom stereocenters. The molecule has 0 radical (unpaired) electrons. The molecular weight excluding hydrogens is 230 g/mol. The van der Waals surface area contributed by atoms with Gasteiger partial charge in [-0.25, -0.2) is 0 Å². The number of hydrogen-bond acceptors (Lipinski definition) is 4. The minimum Gasteiger partial charge on any atom is -0.508 e. The summed E-state index contributed by atoms with van der Waals surface area (Å²) in [6, 6.07) is 4.78. The molecule has 0 bridgehead atoms. The van der Waals surface area contributed by atoms with Gasteiger partial charge in [-0.15, -0.1) is 0 Å². The van der Waals surface area contributed by atoms with Crippen LogP contribution >= 0.6 is 0 Å². The molecule has 0 fully saturated rings. The smallest absolute Gasteiger partial charge is 0.119 e. The number of likely N-dealkylation sites (N-methyl/N-ethyl adjacent to an activating group) is 1. The van der Waals surface area contributed by atoms with Crippen molar-refractivity contribution in [3.8, 4) is 11.5 Å². The SMILES string of the molecule is CC(C)OCCN(C)C(C)c1cc(O)cc(O)c1. The van der Waals surface area contributed by atoms with E-state index in [-0.39, 0.29) is 23.6 Å². The Balaban J connectivity index is 2.59. The van der Waals surface area contributed by atoms with Crippen molar-refractivity contribution < 1.29 is 14.9 Å². The van der Waals surface area contributed by atoms with Gasteiger partial charge in [0.2, 0.25) is 0 Å². The largest absolute Gasteiger partial charge is 0.508 e. The van der Waals surface area contributed by atoms with E-state index in [1.165, 1.54) is 6.07 Å². The van der Waals surface area contributed by atoms with Gasteiger partial charge < -0.3 is 14.9 Å². The van der Waals surface area contributed by atoms with Crippen LogP contribution < -0.4 is 0 Å². The van der Waals surface area contributed by atoms with Gasteiger partial charge in [0.25, 0.3) is 0 Å². The van der Waals surface area contributed by atoms with E-state index in [1.807, 2.05) is 27.8 Å². The maximum atomic E-state index is 9.47. The van der Waals surface area contributed by atoms with Gasteiger partial charge >= 0.3 is 0 Å². The average Bonchev–Trinajstić information content (AvgIpc) is 2.26. The molecule has 0 saturated heterocycles. The molecule has 0 spiro atoms. The number of hydrogen-bond donors (Lipinski definition) is 2. The molecule has 0 amide bonds. The molecule has 18 heavy (non-hydrogen) atoms. The molecule has 1 aromatic rings. The molecule has 102 valence electrons. The van der Waals surface area contributed by atoms with Crippen LogP contribution in [0.4, 0.5) is 0 Å². The topological polar surface area (TPSA) is 52.9 Å². The fourth-order valence-electron chi connectivity index (χ4n) is 1.74. The number of phenols is 2. The lowest BCUT2D eigenvalue weighted by atomic mass is 10.1. The lowest BCUT2D eigenvalue weighted by molar-refractivity contribution is 0.0572. The van der Waals surface area contributed by atoms with Crippen molar-refractivity contribution in [2.45, 2.75) is 32.9 Å². The highest BCUT2D eigenvalue weighted by molar-refractivity contribution is 5.37. The summed E-state index contributed by atoms with van der Waals surface area (Å²) in [4.78, 5) is 2.12. The summed E-state index contributed by atoms with van der Waals surface area (Å²) in [7, 11) is 2.00. The molecule has 0 aromatic heterocycles. The summed E-state index contributed by atoms with van der Waals surface area (Å²) in [6.45, 7) is 7.52. The standard InChI is InChI=1S/C14H23NO3/c1-10(2)18-6-5-15(4)11(3)12-7-13(16)9-14(17)8-12/h7-11,16-17H,5-6H2,1-4H3. The summed E-state index contributed by atoms with van der Waals surface area (Å²) in [5.74, 6) is 0.173. The summed E-state index contributed by atoms with van der Waals surface area (Å²) in [6.07, 6.45) is 0.235. The first kappa shape index (κ1) is 14.8. The zero-order chi connectivity index (χ0) is 13.7. The van der Waals surface area contributed by atoms with Crippen molar-refractivity contribution in [2.75, 3.05) is 20.2 Å². The first-order valence-electron chi connectivity index (χ1n) is 6.25. The second-order valence-electron chi connectivity index (χ2n) is 4.86. The van der Waals surface area contributed by atoms with Crippen LogP contribution in [0.2, 0.25) is 0 Å². The van der Waals surface area contributed by atoms with E-state index >= 15 is 0 Å². The lowest BCUT2D eigenvalue weighted by Gasteiger charge is -2.25. The fraction of sp³-hybridized carbons (Fsp3) is 0.571. The monoisotopic (exact) mass is 253 g/mol. The molecule has 0 heterocycles. The number of nitrogens with zero attached hydrogens (tertiary/aromatic N) is 1. The first-order valence-corrected chi connectivity index (χ1v) is 6.25. The number of benzene rings is 1. The van der Waals surface area contributed by atoms with Crippen LogP contribution in [-0.4, -0.2) is 41.4 Å². The van der Waals surface area contributed by atoms with Gasteiger partial charge in [-0.1, -0.05) is 0 Å². The van der Waals surface area contributed by atoms with E-state index in [0.29, 0.717) is 6.61 Å². The highest BCUT2D eigenvalue weighted by atomic mass is 16.5. The predicted molar refractivity (Wildman–Crippen MR) is 71.9 cm³/mol. The second kappa shape index (κ2) is 6.61. The molecular formula is C14H23NO3. The van der Waals surface area contributed by atoms with Gasteiger partial charge in [-0.05, 0) is 45.5 Å². The highest BCUT2D eigenvalue weighted by Crippen LogP contribution is 2.27. The Kier molecular flexibility index (Phi) is 5.44. The molecule has 4 nitrogen and oxygen atoms in total. The van der Waals surface area contributed by atoms with Crippen molar-refractivity contribution >= 4 is 0 Å². The Hall–Kier alpha value is -1.26. The van der Waals surface area contributed by atoms with Crippen LogP contribution in [0.5, 0.6) is 11.5 Å². The van der Waals surface area contributed by atoms with Crippen LogP contribution in [-0.2, 0) is 4.74 Å². The van der Waals surface area contributed by atoms with E-state index in [0.717, 1.165) is 12.1 Å². The van der Waals surface area contributed by atoms with Crippen molar-refractivity contribution in [1.29, 1.82) is 0 Å². The molecule has 0 saturated carbocycles. The Morgan fingerprint density at radius 3 is 2.17 bits per heavy atom. The molecule has 0 aliphatic carbocycles. The van der Waals surface area contributed by atoms with Crippen molar-refractivity contribution in [1.82, 2.24) is 4.90 Å². The molecule has 0 aliphatic rings. The second-order valence-corrected chi connectivity index (χ2v) is 4.86. The average molecular weight is 253 g/mol. The normalized spacial score (nSPS) is 13.2. The number of aromatic hydroxyl groups is 2. The van der Waals surface area contributed by atoms with Crippen LogP contribution in [0.1, 0.15) is 32.4 Å². The highest BCUT2D eigenvalue weighted by Gasteiger charge is 2.13. The van der Waals surface area contributed by atoms with Crippen LogP contribution in [0.3, 0.4) is 0 Å². The Bertz CT molecular complexity index is 359. The van der Waals surface area contributed by atoms with Crippen LogP contribution in [0, 0.1) is 0 Å². The molecule has 1 atom stereocenters. The van der Waals surface area contributed by atoms with Gasteiger partial charge in [-0.2, -0.15) is 0 Å². The van der Waals surface area contributed by atoms with Crippen molar-refractivity contribution in [2.24, 2.45) is 0 Å². The number of phenolic OH excluding ortho intramolecular Hbond substituents is 2. The predicted octanol–water partition coefficient (Wildman–Crippen LogP) is 2.52. The summed E-state index contributed by atoms with van der Waals surface area (Å²) in [5.41, 5.74) is 0.888. The zero-order valence-corrected chi connectivity index (χ0v) is 11.6. The third-order valence-electron chi connectivity index (χ3n) is 2.96. The fourth-order valence-corrected chi connectivity index (χ4v) is 1.74. The van der Waals surface area contributed by atoms with E-state index in [1.54, 1.807) is 12.1 Å². The van der Waals surface area contributed by atoms with Crippen molar-refractivity contribution in [3.05, 3.63) is 23.8 Å². The molecule has 1 rings (SSSR count).